The van der Waals surface area contributed by atoms with Crippen molar-refractivity contribution in [3.63, 3.8) is 0 Å². The summed E-state index contributed by atoms with van der Waals surface area (Å²) in [7, 11) is 0. The minimum Gasteiger partial charge on any atom is -0.419 e. The van der Waals surface area contributed by atoms with E-state index >= 15 is 0 Å². The number of ether oxygens (including phenoxy) is 2. The van der Waals surface area contributed by atoms with Crippen LogP contribution >= 0.6 is 0 Å². The van der Waals surface area contributed by atoms with Gasteiger partial charge in [-0.05, 0) is 41.0 Å². The van der Waals surface area contributed by atoms with Crippen LogP contribution in [0.2, 0.25) is 0 Å². The Morgan fingerprint density at radius 1 is 0.938 bits per heavy atom. The fourth-order valence-corrected chi connectivity index (χ4v) is 3.44. The molecule has 1 heterocycles. The van der Waals surface area contributed by atoms with Crippen LogP contribution in [0.1, 0.15) is 5.56 Å². The summed E-state index contributed by atoms with van der Waals surface area (Å²) in [4.78, 5) is 22.4. The monoisotopic (exact) mass is 439 g/mol. The number of hydrogen-bond acceptors (Lipinski definition) is 4. The molecule has 0 bridgehead atoms. The average molecular weight is 439 g/mol. The molecule has 0 atom stereocenters. The Kier molecular flexibility index (Phi) is 5.68. The number of hydrogen-bond donors (Lipinski definition) is 0. The minimum absolute atomic E-state index is 0.0716. The summed E-state index contributed by atoms with van der Waals surface area (Å²) in [6.07, 6.45) is -3.11. The van der Waals surface area contributed by atoms with E-state index < -0.39 is 12.3 Å². The van der Waals surface area contributed by atoms with Gasteiger partial charge in [-0.25, -0.2) is 4.79 Å². The van der Waals surface area contributed by atoms with Crippen LogP contribution in [-0.2, 0) is 16.1 Å². The number of carbonyl (C=O) groups excluding carboxylic acids is 2. The quantitative estimate of drug-likeness (QED) is 0.231. The third kappa shape index (κ3) is 4.80. The molecule has 32 heavy (non-hydrogen) atoms. The molecule has 0 aliphatic heterocycles. The minimum atomic E-state index is -4.80. The fraction of sp³-hybridized carbons (Fsp3) is 0.0833. The van der Waals surface area contributed by atoms with Crippen LogP contribution in [-0.4, -0.2) is 23.2 Å². The summed E-state index contributed by atoms with van der Waals surface area (Å²) in [6.45, 7) is 0.490. The molecule has 5 nitrogen and oxygen atoms in total. The predicted molar refractivity (Wildman–Crippen MR) is 111 cm³/mol. The third-order valence-electron chi connectivity index (χ3n) is 4.75. The second-order valence-electron chi connectivity index (χ2n) is 6.95. The van der Waals surface area contributed by atoms with Gasteiger partial charge in [-0.3, -0.25) is 4.79 Å². The molecule has 1 aromatic heterocycles. The van der Waals surface area contributed by atoms with Crippen LogP contribution in [0.4, 0.5) is 13.2 Å². The molecule has 0 unspecified atom stereocenters. The standard InChI is InChI=1S/C24H16F3NO4/c25-24(26,27)32-19-8-4-7-17(11-19)18-9-10-21-20(12-18)22(31-23(30)15-29)14-28(21)13-16-5-2-1-3-6-16/h1-12,14-15H,13H2. The van der Waals surface area contributed by atoms with Crippen molar-refractivity contribution in [1.82, 2.24) is 4.57 Å². The van der Waals surface area contributed by atoms with Crippen molar-refractivity contribution in [2.75, 3.05) is 0 Å². The number of alkyl halides is 3. The summed E-state index contributed by atoms with van der Waals surface area (Å²) in [5.74, 6) is -1.21. The van der Waals surface area contributed by atoms with Crippen molar-refractivity contribution in [2.45, 2.75) is 12.9 Å². The lowest BCUT2D eigenvalue weighted by molar-refractivity contribution is -0.274. The van der Waals surface area contributed by atoms with Crippen LogP contribution < -0.4 is 9.47 Å². The van der Waals surface area contributed by atoms with Gasteiger partial charge in [-0.15, -0.1) is 13.2 Å². The number of aldehydes is 1. The first-order valence-electron chi connectivity index (χ1n) is 9.52. The Bertz CT molecular complexity index is 1280. The first-order chi connectivity index (χ1) is 15.3. The second kappa shape index (κ2) is 8.58. The maximum absolute atomic E-state index is 12.6. The Labute approximate surface area is 180 Å². The van der Waals surface area contributed by atoms with Crippen molar-refractivity contribution in [2.24, 2.45) is 0 Å². The highest BCUT2D eigenvalue weighted by atomic mass is 19.4. The first kappa shape index (κ1) is 21.2. The molecule has 3 aromatic carbocycles. The van der Waals surface area contributed by atoms with Crippen LogP contribution in [0.25, 0.3) is 22.0 Å². The third-order valence-corrected chi connectivity index (χ3v) is 4.75. The number of rotatable bonds is 6. The van der Waals surface area contributed by atoms with Crippen molar-refractivity contribution in [1.29, 1.82) is 0 Å². The highest BCUT2D eigenvalue weighted by Gasteiger charge is 2.31. The van der Waals surface area contributed by atoms with Gasteiger partial charge < -0.3 is 14.0 Å². The molecule has 0 amide bonds. The van der Waals surface area contributed by atoms with Gasteiger partial charge in [0, 0.05) is 18.1 Å². The van der Waals surface area contributed by atoms with Gasteiger partial charge in [0.15, 0.2) is 5.75 Å². The van der Waals surface area contributed by atoms with Crippen molar-refractivity contribution in [3.05, 3.63) is 84.6 Å². The number of carbonyl (C=O) groups is 2. The van der Waals surface area contributed by atoms with E-state index in [1.54, 1.807) is 30.5 Å². The largest absolute Gasteiger partial charge is 0.573 e. The molecular formula is C24H16F3NO4. The zero-order valence-corrected chi connectivity index (χ0v) is 16.5. The fourth-order valence-electron chi connectivity index (χ4n) is 3.44. The van der Waals surface area contributed by atoms with E-state index in [9.17, 15) is 22.8 Å². The molecular weight excluding hydrogens is 423 g/mol. The number of nitrogens with zero attached hydrogens (tertiary/aromatic N) is 1. The van der Waals surface area contributed by atoms with E-state index in [-0.39, 0.29) is 17.8 Å². The lowest BCUT2D eigenvalue weighted by Crippen LogP contribution is -2.17. The maximum atomic E-state index is 12.6. The lowest BCUT2D eigenvalue weighted by Gasteiger charge is -2.10. The molecule has 0 N–H and O–H groups in total. The van der Waals surface area contributed by atoms with Gasteiger partial charge in [0.05, 0.1) is 5.52 Å². The summed E-state index contributed by atoms with van der Waals surface area (Å²) < 4.78 is 48.8. The van der Waals surface area contributed by atoms with E-state index in [0.717, 1.165) is 11.1 Å². The van der Waals surface area contributed by atoms with Crippen LogP contribution in [0.15, 0.2) is 79.0 Å². The lowest BCUT2D eigenvalue weighted by atomic mass is 10.0. The summed E-state index contributed by atoms with van der Waals surface area (Å²) in [5.41, 5.74) is 2.82. The number of aromatic nitrogens is 1. The predicted octanol–water partition coefficient (Wildman–Crippen LogP) is 5.36. The van der Waals surface area contributed by atoms with Gasteiger partial charge >= 0.3 is 12.3 Å². The second-order valence-corrected chi connectivity index (χ2v) is 6.95. The molecule has 0 radical (unpaired) electrons. The average Bonchev–Trinajstić information content (AvgIpc) is 3.09. The summed E-state index contributed by atoms with van der Waals surface area (Å²) in [6, 6.07) is 20.4. The van der Waals surface area contributed by atoms with E-state index in [4.69, 9.17) is 4.74 Å². The van der Waals surface area contributed by atoms with Gasteiger partial charge in [-0.1, -0.05) is 48.5 Å². The summed E-state index contributed by atoms with van der Waals surface area (Å²) >= 11 is 0. The normalized spacial score (nSPS) is 11.3. The number of fused-ring (bicyclic) bond motifs is 1. The SMILES string of the molecule is O=CC(=O)Oc1cn(Cc2ccccc2)c2ccc(-c3cccc(OC(F)(F)F)c3)cc12. The Morgan fingerprint density at radius 3 is 2.41 bits per heavy atom. The molecule has 0 spiro atoms. The van der Waals surface area contributed by atoms with E-state index in [2.05, 4.69) is 4.74 Å². The topological polar surface area (TPSA) is 57.5 Å². The van der Waals surface area contributed by atoms with Crippen molar-refractivity contribution >= 4 is 23.2 Å². The van der Waals surface area contributed by atoms with Crippen molar-refractivity contribution in [3.8, 4) is 22.6 Å². The van der Waals surface area contributed by atoms with Crippen LogP contribution in [0.3, 0.4) is 0 Å². The molecule has 8 heteroatoms. The molecule has 0 fully saturated rings. The number of benzene rings is 3. The van der Waals surface area contributed by atoms with Gasteiger partial charge in [0.25, 0.3) is 0 Å². The zero-order valence-electron chi connectivity index (χ0n) is 16.5. The smallest absolute Gasteiger partial charge is 0.419 e. The molecule has 0 aliphatic rings. The Morgan fingerprint density at radius 2 is 1.69 bits per heavy atom. The Balaban J connectivity index is 1.77. The van der Waals surface area contributed by atoms with Gasteiger partial charge in [0.2, 0.25) is 6.29 Å². The van der Waals surface area contributed by atoms with Crippen LogP contribution in [0.5, 0.6) is 11.5 Å². The molecule has 0 aliphatic carbocycles. The van der Waals surface area contributed by atoms with E-state index in [0.29, 0.717) is 23.1 Å². The van der Waals surface area contributed by atoms with E-state index in [1.165, 1.54) is 18.2 Å². The van der Waals surface area contributed by atoms with Gasteiger partial charge in [0.1, 0.15) is 5.75 Å². The first-order valence-corrected chi connectivity index (χ1v) is 9.52. The molecule has 4 rings (SSSR count). The summed E-state index contributed by atoms with van der Waals surface area (Å²) in [5, 5.41) is 0.538. The molecule has 0 saturated carbocycles. The van der Waals surface area contributed by atoms with Crippen LogP contribution in [0, 0.1) is 0 Å². The zero-order chi connectivity index (χ0) is 22.7. The highest BCUT2D eigenvalue weighted by Crippen LogP contribution is 2.34. The number of esters is 1. The molecule has 162 valence electrons. The Hall–Kier alpha value is -4.07. The molecule has 4 aromatic rings. The number of halogens is 3. The maximum Gasteiger partial charge on any atom is 0.573 e. The highest BCUT2D eigenvalue weighted by molar-refractivity contribution is 6.21. The van der Waals surface area contributed by atoms with Gasteiger partial charge in [-0.2, -0.15) is 0 Å². The van der Waals surface area contributed by atoms with Crippen molar-refractivity contribution < 1.29 is 32.2 Å². The molecule has 0 saturated heterocycles. The van der Waals surface area contributed by atoms with E-state index in [1.807, 2.05) is 34.9 Å².